The molecule has 6 nitrogen and oxygen atoms in total. The minimum atomic E-state index is -0.797. The van der Waals surface area contributed by atoms with Crippen molar-refractivity contribution in [2.75, 3.05) is 6.61 Å². The molecule has 0 unspecified atom stereocenters. The van der Waals surface area contributed by atoms with Crippen molar-refractivity contribution >= 4 is 5.97 Å². The van der Waals surface area contributed by atoms with Crippen LogP contribution in [0, 0.1) is 0 Å². The average molecular weight is 289 g/mol. The van der Waals surface area contributed by atoms with Gasteiger partial charge in [0.05, 0.1) is 18.5 Å². The predicted molar refractivity (Wildman–Crippen MR) is 78.1 cm³/mol. The average Bonchev–Trinajstić information content (AvgIpc) is 2.94. The first kappa shape index (κ1) is 15.0. The summed E-state index contributed by atoms with van der Waals surface area (Å²) in [5, 5.41) is 16.6. The third-order valence-electron chi connectivity index (χ3n) is 3.00. The van der Waals surface area contributed by atoms with E-state index in [1.54, 1.807) is 10.9 Å². The normalized spacial score (nSPS) is 10.5. The van der Waals surface area contributed by atoms with Crippen molar-refractivity contribution in [3.05, 3.63) is 30.5 Å². The number of carboxylic acids is 1. The molecule has 0 aliphatic heterocycles. The van der Waals surface area contributed by atoms with Crippen molar-refractivity contribution in [2.24, 2.45) is 0 Å². The first-order valence-electron chi connectivity index (χ1n) is 7.04. The van der Waals surface area contributed by atoms with Crippen LogP contribution in [0.5, 0.6) is 5.75 Å². The first-order valence-corrected chi connectivity index (χ1v) is 7.04. The molecule has 1 N–H and O–H groups in total. The molecule has 0 fully saturated rings. The van der Waals surface area contributed by atoms with Crippen molar-refractivity contribution in [3.63, 3.8) is 0 Å². The van der Waals surface area contributed by atoms with Crippen LogP contribution in [0.3, 0.4) is 0 Å². The summed E-state index contributed by atoms with van der Waals surface area (Å²) < 4.78 is 7.27. The van der Waals surface area contributed by atoms with E-state index >= 15 is 0 Å². The lowest BCUT2D eigenvalue weighted by Crippen LogP contribution is -2.05. The van der Waals surface area contributed by atoms with Crippen molar-refractivity contribution in [1.82, 2.24) is 15.0 Å². The van der Waals surface area contributed by atoms with Crippen molar-refractivity contribution in [3.8, 4) is 17.0 Å². The number of hydrogen-bond acceptors (Lipinski definition) is 4. The van der Waals surface area contributed by atoms with Gasteiger partial charge in [-0.25, -0.2) is 4.68 Å². The highest BCUT2D eigenvalue weighted by molar-refractivity contribution is 5.66. The van der Waals surface area contributed by atoms with E-state index in [0.29, 0.717) is 19.6 Å². The minimum Gasteiger partial charge on any atom is -0.494 e. The molecule has 0 spiro atoms. The topological polar surface area (TPSA) is 77.2 Å². The Hall–Kier alpha value is -2.37. The largest absolute Gasteiger partial charge is 0.494 e. The maximum Gasteiger partial charge on any atom is 0.303 e. The number of aryl methyl sites for hydroxylation is 1. The second-order valence-electron chi connectivity index (χ2n) is 4.71. The highest BCUT2D eigenvalue weighted by Gasteiger charge is 2.07. The van der Waals surface area contributed by atoms with Gasteiger partial charge in [-0.2, -0.15) is 0 Å². The van der Waals surface area contributed by atoms with Crippen LogP contribution in [0.15, 0.2) is 30.5 Å². The molecule has 0 amide bonds. The van der Waals surface area contributed by atoms with E-state index in [0.717, 1.165) is 23.4 Å². The van der Waals surface area contributed by atoms with Gasteiger partial charge in [0, 0.05) is 18.5 Å². The summed E-state index contributed by atoms with van der Waals surface area (Å²) in [5.41, 5.74) is 1.86. The lowest BCUT2D eigenvalue weighted by Gasteiger charge is -2.07. The van der Waals surface area contributed by atoms with Crippen LogP contribution < -0.4 is 4.74 Å². The summed E-state index contributed by atoms with van der Waals surface area (Å²) in [6, 6.07) is 7.74. The van der Waals surface area contributed by atoms with E-state index in [-0.39, 0.29) is 6.42 Å². The van der Waals surface area contributed by atoms with Gasteiger partial charge in [0.2, 0.25) is 0 Å². The van der Waals surface area contributed by atoms with Gasteiger partial charge in [-0.15, -0.1) is 5.10 Å². The third-order valence-corrected chi connectivity index (χ3v) is 3.00. The molecule has 0 atom stereocenters. The molecular formula is C15H19N3O3. The number of rotatable bonds is 8. The lowest BCUT2D eigenvalue weighted by molar-refractivity contribution is -0.137. The Morgan fingerprint density at radius 1 is 1.33 bits per heavy atom. The fourth-order valence-electron chi connectivity index (χ4n) is 1.97. The molecule has 0 saturated carbocycles. The standard InChI is InChI=1S/C15H19N3O3/c1-2-10-21-13-7-5-12(6-8-13)14-11-16-17-18(14)9-3-4-15(19)20/h5-8,11H,2-4,9-10H2,1H3,(H,19,20). The lowest BCUT2D eigenvalue weighted by atomic mass is 10.1. The molecule has 1 heterocycles. The summed E-state index contributed by atoms with van der Waals surface area (Å²) in [5.74, 6) is 0.0413. The summed E-state index contributed by atoms with van der Waals surface area (Å²) in [4.78, 5) is 10.5. The van der Waals surface area contributed by atoms with Crippen LogP contribution in [0.1, 0.15) is 26.2 Å². The number of aromatic nitrogens is 3. The molecule has 1 aromatic carbocycles. The maximum atomic E-state index is 10.5. The van der Waals surface area contributed by atoms with E-state index in [1.807, 2.05) is 24.3 Å². The monoisotopic (exact) mass is 289 g/mol. The Morgan fingerprint density at radius 3 is 2.76 bits per heavy atom. The Balaban J connectivity index is 2.04. The fourth-order valence-corrected chi connectivity index (χ4v) is 1.97. The number of ether oxygens (including phenoxy) is 1. The molecule has 21 heavy (non-hydrogen) atoms. The molecule has 2 aromatic rings. The van der Waals surface area contributed by atoms with E-state index < -0.39 is 5.97 Å². The molecule has 0 radical (unpaired) electrons. The minimum absolute atomic E-state index is 0.128. The molecule has 6 heteroatoms. The Bertz CT molecular complexity index is 578. The third kappa shape index (κ3) is 4.30. The molecule has 0 aliphatic carbocycles. The molecule has 112 valence electrons. The Kier molecular flexibility index (Phi) is 5.31. The molecule has 0 bridgehead atoms. The number of carbonyl (C=O) groups is 1. The van der Waals surface area contributed by atoms with E-state index in [2.05, 4.69) is 17.2 Å². The van der Waals surface area contributed by atoms with Crippen LogP contribution in [0.2, 0.25) is 0 Å². The molecule has 0 aliphatic rings. The smallest absolute Gasteiger partial charge is 0.303 e. The number of benzene rings is 1. The number of nitrogens with zero attached hydrogens (tertiary/aromatic N) is 3. The van der Waals surface area contributed by atoms with Gasteiger partial charge in [-0.1, -0.05) is 12.1 Å². The SMILES string of the molecule is CCCOc1ccc(-c2cnnn2CCCC(=O)O)cc1. The van der Waals surface area contributed by atoms with Gasteiger partial charge in [-0.3, -0.25) is 4.79 Å². The van der Waals surface area contributed by atoms with Crippen LogP contribution in [0.4, 0.5) is 0 Å². The van der Waals surface area contributed by atoms with E-state index in [1.165, 1.54) is 0 Å². The van der Waals surface area contributed by atoms with Gasteiger partial charge in [-0.05, 0) is 37.1 Å². The second-order valence-corrected chi connectivity index (χ2v) is 4.71. The molecular weight excluding hydrogens is 270 g/mol. The zero-order valence-electron chi connectivity index (χ0n) is 12.0. The highest BCUT2D eigenvalue weighted by Crippen LogP contribution is 2.22. The summed E-state index contributed by atoms with van der Waals surface area (Å²) in [7, 11) is 0. The van der Waals surface area contributed by atoms with Crippen LogP contribution in [-0.4, -0.2) is 32.7 Å². The number of aliphatic carboxylic acids is 1. The van der Waals surface area contributed by atoms with Crippen molar-refractivity contribution in [2.45, 2.75) is 32.7 Å². The molecule has 0 saturated heterocycles. The maximum absolute atomic E-state index is 10.5. The fraction of sp³-hybridized carbons (Fsp3) is 0.400. The van der Waals surface area contributed by atoms with E-state index in [9.17, 15) is 4.79 Å². The van der Waals surface area contributed by atoms with Gasteiger partial charge in [0.25, 0.3) is 0 Å². The van der Waals surface area contributed by atoms with Crippen LogP contribution in [0.25, 0.3) is 11.3 Å². The Labute approximate surface area is 123 Å². The van der Waals surface area contributed by atoms with Gasteiger partial charge < -0.3 is 9.84 Å². The quantitative estimate of drug-likeness (QED) is 0.808. The second kappa shape index (κ2) is 7.42. The van der Waals surface area contributed by atoms with Crippen LogP contribution >= 0.6 is 0 Å². The van der Waals surface area contributed by atoms with E-state index in [4.69, 9.17) is 9.84 Å². The zero-order valence-corrected chi connectivity index (χ0v) is 12.0. The Morgan fingerprint density at radius 2 is 2.10 bits per heavy atom. The number of carboxylic acid groups (broad SMARTS) is 1. The summed E-state index contributed by atoms with van der Waals surface area (Å²) in [6.07, 6.45) is 3.32. The van der Waals surface area contributed by atoms with Crippen molar-refractivity contribution in [1.29, 1.82) is 0 Å². The molecule has 1 aromatic heterocycles. The number of hydrogen-bond donors (Lipinski definition) is 1. The highest BCUT2D eigenvalue weighted by atomic mass is 16.5. The van der Waals surface area contributed by atoms with Gasteiger partial charge >= 0.3 is 5.97 Å². The summed E-state index contributed by atoms with van der Waals surface area (Å²) >= 11 is 0. The van der Waals surface area contributed by atoms with Gasteiger partial charge in [0.15, 0.2) is 0 Å². The zero-order chi connectivity index (χ0) is 15.1. The van der Waals surface area contributed by atoms with Crippen LogP contribution in [-0.2, 0) is 11.3 Å². The van der Waals surface area contributed by atoms with Crippen molar-refractivity contribution < 1.29 is 14.6 Å². The molecule has 2 rings (SSSR count). The van der Waals surface area contributed by atoms with Gasteiger partial charge in [0.1, 0.15) is 5.75 Å². The summed E-state index contributed by atoms with van der Waals surface area (Å²) in [6.45, 7) is 3.31. The predicted octanol–water partition coefficient (Wildman–Crippen LogP) is 2.60. The first-order chi connectivity index (χ1) is 10.2.